The molecule has 0 atom stereocenters. The summed E-state index contributed by atoms with van der Waals surface area (Å²) < 4.78 is 17.9. The van der Waals surface area contributed by atoms with Crippen molar-refractivity contribution < 1.29 is 9.13 Å². The Kier molecular flexibility index (Phi) is 3.13. The van der Waals surface area contributed by atoms with Crippen molar-refractivity contribution in [2.75, 3.05) is 25.1 Å². The van der Waals surface area contributed by atoms with Gasteiger partial charge in [0.05, 0.1) is 25.9 Å². The molecule has 1 fully saturated rings. The van der Waals surface area contributed by atoms with Crippen molar-refractivity contribution >= 4 is 23.9 Å². The van der Waals surface area contributed by atoms with Crippen molar-refractivity contribution in [3.63, 3.8) is 0 Å². The zero-order valence-corrected chi connectivity index (χ0v) is 9.82. The fourth-order valence-electron chi connectivity index (χ4n) is 1.83. The lowest BCUT2D eigenvalue weighted by atomic mass is 10.1. The van der Waals surface area contributed by atoms with Gasteiger partial charge in [-0.25, -0.2) is 4.39 Å². The largest absolute Gasteiger partial charge is 0.497 e. The van der Waals surface area contributed by atoms with Crippen LogP contribution in [0.15, 0.2) is 29.8 Å². The molecule has 3 nitrogen and oxygen atoms in total. The van der Waals surface area contributed by atoms with Gasteiger partial charge in [-0.05, 0) is 24.9 Å². The number of hydrogen-bond acceptors (Lipinski definition) is 3. The molecule has 2 rings (SSSR count). The van der Waals surface area contributed by atoms with Crippen LogP contribution in [-0.2, 0) is 4.74 Å². The Morgan fingerprint density at radius 3 is 2.76 bits per heavy atom. The first-order valence-electron chi connectivity index (χ1n) is 5.38. The van der Waals surface area contributed by atoms with Gasteiger partial charge in [0, 0.05) is 11.3 Å². The van der Waals surface area contributed by atoms with Crippen LogP contribution in [0.5, 0.6) is 0 Å². The summed E-state index contributed by atoms with van der Waals surface area (Å²) in [6.07, 6.45) is -0.721. The van der Waals surface area contributed by atoms with Crippen molar-refractivity contribution in [3.05, 3.63) is 30.3 Å². The van der Waals surface area contributed by atoms with E-state index in [9.17, 15) is 4.39 Å². The summed E-state index contributed by atoms with van der Waals surface area (Å²) >= 11 is 0. The van der Waals surface area contributed by atoms with Gasteiger partial charge in [-0.2, -0.15) is 0 Å². The molecule has 1 saturated heterocycles. The number of benzene rings is 1. The van der Waals surface area contributed by atoms with E-state index >= 15 is 0 Å². The SMILES string of the molecule is C=Nc1ccc(N2CC(F)C2)cc1C(=C)OC. The highest BCUT2D eigenvalue weighted by Gasteiger charge is 2.26. The molecular formula is C13H15FN2O. The van der Waals surface area contributed by atoms with Crippen molar-refractivity contribution in [2.24, 2.45) is 4.99 Å². The lowest BCUT2D eigenvalue weighted by molar-refractivity contribution is 0.275. The molecule has 90 valence electrons. The van der Waals surface area contributed by atoms with E-state index in [0.717, 1.165) is 16.9 Å². The maximum atomic E-state index is 12.8. The van der Waals surface area contributed by atoms with Crippen LogP contribution in [0.2, 0.25) is 0 Å². The van der Waals surface area contributed by atoms with Crippen molar-refractivity contribution in [2.45, 2.75) is 6.17 Å². The number of anilines is 1. The zero-order chi connectivity index (χ0) is 12.4. The Balaban J connectivity index is 2.31. The Labute approximate surface area is 100 Å². The van der Waals surface area contributed by atoms with Crippen LogP contribution in [0.25, 0.3) is 5.76 Å². The van der Waals surface area contributed by atoms with Crippen molar-refractivity contribution in [3.8, 4) is 0 Å². The maximum Gasteiger partial charge on any atom is 0.135 e. The molecule has 1 aliphatic heterocycles. The molecule has 1 aliphatic rings. The van der Waals surface area contributed by atoms with Gasteiger partial charge in [-0.15, -0.1) is 0 Å². The minimum atomic E-state index is -0.721. The molecule has 0 radical (unpaired) electrons. The molecule has 0 amide bonds. The van der Waals surface area contributed by atoms with Gasteiger partial charge in [0.2, 0.25) is 0 Å². The third-order valence-electron chi connectivity index (χ3n) is 2.90. The number of hydrogen-bond donors (Lipinski definition) is 0. The van der Waals surface area contributed by atoms with E-state index in [-0.39, 0.29) is 0 Å². The maximum absolute atomic E-state index is 12.8. The molecule has 0 unspecified atom stereocenters. The Bertz CT molecular complexity index is 453. The number of methoxy groups -OCH3 is 1. The molecule has 0 N–H and O–H groups in total. The normalized spacial score (nSPS) is 15.3. The van der Waals surface area contributed by atoms with Crippen LogP contribution in [0, 0.1) is 0 Å². The molecule has 0 aromatic heterocycles. The predicted octanol–water partition coefficient (Wildman–Crippen LogP) is 2.79. The number of aliphatic imine (C=N–C) groups is 1. The molecule has 17 heavy (non-hydrogen) atoms. The van der Waals surface area contributed by atoms with E-state index in [0.29, 0.717) is 18.8 Å². The zero-order valence-electron chi connectivity index (χ0n) is 9.82. The number of rotatable bonds is 4. The van der Waals surface area contributed by atoms with E-state index in [4.69, 9.17) is 4.74 Å². The minimum absolute atomic E-state index is 0.444. The second kappa shape index (κ2) is 4.57. The van der Waals surface area contributed by atoms with E-state index < -0.39 is 6.17 Å². The molecule has 0 aliphatic carbocycles. The fourth-order valence-corrected chi connectivity index (χ4v) is 1.83. The van der Waals surface area contributed by atoms with Gasteiger partial charge in [-0.1, -0.05) is 6.58 Å². The Hall–Kier alpha value is -1.84. The average Bonchev–Trinajstić information content (AvgIpc) is 2.33. The minimum Gasteiger partial charge on any atom is -0.497 e. The molecule has 1 heterocycles. The lowest BCUT2D eigenvalue weighted by Crippen LogP contribution is -2.48. The van der Waals surface area contributed by atoms with Crippen LogP contribution >= 0.6 is 0 Å². The molecule has 1 aromatic rings. The summed E-state index contributed by atoms with van der Waals surface area (Å²) in [6.45, 7) is 8.21. The molecule has 0 spiro atoms. The van der Waals surface area contributed by atoms with E-state index in [1.165, 1.54) is 0 Å². The van der Waals surface area contributed by atoms with Crippen LogP contribution < -0.4 is 4.90 Å². The first-order valence-corrected chi connectivity index (χ1v) is 5.38. The molecule has 4 heteroatoms. The third-order valence-corrected chi connectivity index (χ3v) is 2.90. The number of ether oxygens (including phenoxy) is 1. The smallest absolute Gasteiger partial charge is 0.135 e. The summed E-state index contributed by atoms with van der Waals surface area (Å²) in [5.74, 6) is 0.534. The van der Waals surface area contributed by atoms with Crippen LogP contribution in [0.4, 0.5) is 15.8 Å². The Morgan fingerprint density at radius 1 is 1.53 bits per heavy atom. The quantitative estimate of drug-likeness (QED) is 0.591. The highest BCUT2D eigenvalue weighted by Crippen LogP contribution is 2.32. The van der Waals surface area contributed by atoms with Gasteiger partial charge < -0.3 is 9.64 Å². The van der Waals surface area contributed by atoms with E-state index in [1.54, 1.807) is 7.11 Å². The van der Waals surface area contributed by atoms with Crippen LogP contribution in [0.3, 0.4) is 0 Å². The summed E-state index contributed by atoms with van der Waals surface area (Å²) in [4.78, 5) is 5.88. The van der Waals surface area contributed by atoms with Crippen molar-refractivity contribution in [1.82, 2.24) is 0 Å². The topological polar surface area (TPSA) is 24.8 Å². The third kappa shape index (κ3) is 2.16. The van der Waals surface area contributed by atoms with Gasteiger partial charge in [0.1, 0.15) is 11.9 Å². The summed E-state index contributed by atoms with van der Waals surface area (Å²) in [5, 5.41) is 0. The highest BCUT2D eigenvalue weighted by atomic mass is 19.1. The predicted molar refractivity (Wildman–Crippen MR) is 68.8 cm³/mol. The summed E-state index contributed by atoms with van der Waals surface area (Å²) in [7, 11) is 1.56. The average molecular weight is 234 g/mol. The molecule has 0 saturated carbocycles. The van der Waals surface area contributed by atoms with Gasteiger partial charge in [0.25, 0.3) is 0 Å². The van der Waals surface area contributed by atoms with Crippen LogP contribution in [-0.4, -0.2) is 33.1 Å². The molecule has 0 bridgehead atoms. The highest BCUT2D eigenvalue weighted by molar-refractivity contribution is 5.75. The van der Waals surface area contributed by atoms with Gasteiger partial charge in [0.15, 0.2) is 0 Å². The summed E-state index contributed by atoms with van der Waals surface area (Å²) in [5.41, 5.74) is 2.47. The summed E-state index contributed by atoms with van der Waals surface area (Å²) in [6, 6.07) is 5.65. The van der Waals surface area contributed by atoms with E-state index in [2.05, 4.69) is 18.3 Å². The molecular weight excluding hydrogens is 219 g/mol. The monoisotopic (exact) mass is 234 g/mol. The second-order valence-corrected chi connectivity index (χ2v) is 3.99. The first-order chi connectivity index (χ1) is 8.15. The second-order valence-electron chi connectivity index (χ2n) is 3.99. The number of halogens is 1. The number of nitrogens with zero attached hydrogens (tertiary/aromatic N) is 2. The van der Waals surface area contributed by atoms with Crippen molar-refractivity contribution in [1.29, 1.82) is 0 Å². The standard InChI is InChI=1S/C13H15FN2O/c1-9(17-3)12-6-11(4-5-13(12)15-2)16-7-10(14)8-16/h4-6,10H,1-2,7-8H2,3H3. The van der Waals surface area contributed by atoms with E-state index in [1.807, 2.05) is 23.1 Å². The first kappa shape index (κ1) is 11.6. The fraction of sp³-hybridized carbons (Fsp3) is 0.308. The van der Waals surface area contributed by atoms with Gasteiger partial charge >= 0.3 is 0 Å². The van der Waals surface area contributed by atoms with Crippen LogP contribution in [0.1, 0.15) is 5.56 Å². The number of alkyl halides is 1. The van der Waals surface area contributed by atoms with Gasteiger partial charge in [-0.3, -0.25) is 4.99 Å². The Morgan fingerprint density at radius 2 is 2.24 bits per heavy atom. The lowest BCUT2D eigenvalue weighted by Gasteiger charge is -2.36. The molecule has 1 aromatic carbocycles.